The predicted octanol–water partition coefficient (Wildman–Crippen LogP) is 4.44. The standard InChI is InChI=1S/C27H24ClF2N9O/c1-12-10-31-25(16-7-6-8-20(22(16)29)39-15(4)33-13(2)35-39)23(30)26(12)38-14(3)34-24(21(28)27(38)40)18-9-17(18)19-11-32-37(5)36-19/h6-8,10-11,17-18H,9H2,1-5H3/t17-,18-/m0/s1/i5D3. The van der Waals surface area contributed by atoms with E-state index in [0.29, 0.717) is 39.8 Å². The fourth-order valence-corrected chi connectivity index (χ4v) is 5.31. The summed E-state index contributed by atoms with van der Waals surface area (Å²) in [6.45, 7) is 3.95. The van der Waals surface area contributed by atoms with Crippen molar-refractivity contribution in [2.45, 2.75) is 46.0 Å². The minimum absolute atomic E-state index is 0.0687. The van der Waals surface area contributed by atoms with Crippen LogP contribution in [0.25, 0.3) is 22.6 Å². The van der Waals surface area contributed by atoms with Gasteiger partial charge in [-0.2, -0.15) is 20.1 Å². The third-order valence-electron chi connectivity index (χ3n) is 6.99. The largest absolute Gasteiger partial charge is 0.277 e. The number of pyridine rings is 1. The molecule has 0 bridgehead atoms. The van der Waals surface area contributed by atoms with Gasteiger partial charge in [0.15, 0.2) is 11.6 Å². The molecule has 0 spiro atoms. The Balaban J connectivity index is 1.41. The minimum Gasteiger partial charge on any atom is -0.267 e. The molecular formula is C27H24ClF2N9O. The summed E-state index contributed by atoms with van der Waals surface area (Å²) in [6.07, 6.45) is 3.25. The van der Waals surface area contributed by atoms with E-state index < -0.39 is 24.2 Å². The Morgan fingerprint density at radius 2 is 1.82 bits per heavy atom. The zero-order valence-corrected chi connectivity index (χ0v) is 22.6. The zero-order valence-electron chi connectivity index (χ0n) is 24.8. The summed E-state index contributed by atoms with van der Waals surface area (Å²) >= 11 is 6.54. The van der Waals surface area contributed by atoms with Gasteiger partial charge in [0.1, 0.15) is 33.9 Å². The van der Waals surface area contributed by atoms with Crippen LogP contribution in [0.2, 0.25) is 5.02 Å². The van der Waals surface area contributed by atoms with E-state index in [1.54, 1.807) is 33.8 Å². The van der Waals surface area contributed by atoms with Gasteiger partial charge in [-0.1, -0.05) is 17.7 Å². The van der Waals surface area contributed by atoms with Crippen LogP contribution in [0.4, 0.5) is 8.78 Å². The minimum atomic E-state index is -2.51. The molecule has 2 atom stereocenters. The van der Waals surface area contributed by atoms with Crippen LogP contribution < -0.4 is 5.56 Å². The van der Waals surface area contributed by atoms with Gasteiger partial charge in [0.05, 0.1) is 23.3 Å². The maximum Gasteiger partial charge on any atom is 0.277 e. The van der Waals surface area contributed by atoms with E-state index in [0.717, 1.165) is 4.57 Å². The first kappa shape index (κ1) is 22.5. The normalized spacial score (nSPS) is 17.9. The molecule has 0 radical (unpaired) electrons. The number of nitrogens with zero attached hydrogens (tertiary/aromatic N) is 9. The second-order valence-electron chi connectivity index (χ2n) is 9.72. The zero-order chi connectivity index (χ0) is 31.0. The highest BCUT2D eigenvalue weighted by Crippen LogP contribution is 2.54. The Labute approximate surface area is 236 Å². The van der Waals surface area contributed by atoms with Gasteiger partial charge >= 0.3 is 0 Å². The molecule has 1 fully saturated rings. The molecule has 10 nitrogen and oxygen atoms in total. The highest BCUT2D eigenvalue weighted by molar-refractivity contribution is 6.31. The van der Waals surface area contributed by atoms with Crippen molar-refractivity contribution in [1.82, 2.24) is 44.3 Å². The van der Waals surface area contributed by atoms with Crippen LogP contribution in [0.1, 0.15) is 56.8 Å². The van der Waals surface area contributed by atoms with Crippen LogP contribution >= 0.6 is 11.6 Å². The molecule has 40 heavy (non-hydrogen) atoms. The smallest absolute Gasteiger partial charge is 0.267 e. The number of aromatic nitrogens is 9. The Morgan fingerprint density at radius 3 is 2.52 bits per heavy atom. The van der Waals surface area contributed by atoms with E-state index >= 15 is 8.78 Å². The summed E-state index contributed by atoms with van der Waals surface area (Å²) in [5.74, 6) is -1.15. The molecule has 0 amide bonds. The van der Waals surface area contributed by atoms with Gasteiger partial charge in [0.2, 0.25) is 0 Å². The van der Waals surface area contributed by atoms with Gasteiger partial charge in [-0.25, -0.2) is 23.4 Å². The summed E-state index contributed by atoms with van der Waals surface area (Å²) in [7, 11) is 0. The van der Waals surface area contributed by atoms with E-state index in [4.69, 9.17) is 15.7 Å². The fraction of sp³-hybridized carbons (Fsp3) is 0.296. The Kier molecular flexibility index (Phi) is 5.29. The molecule has 0 unspecified atom stereocenters. The van der Waals surface area contributed by atoms with Crippen molar-refractivity contribution < 1.29 is 12.9 Å². The summed E-state index contributed by atoms with van der Waals surface area (Å²) < 4.78 is 56.9. The molecule has 1 aliphatic rings. The highest BCUT2D eigenvalue weighted by Gasteiger charge is 2.44. The Hall–Kier alpha value is -4.32. The lowest BCUT2D eigenvalue weighted by atomic mass is 10.1. The topological polar surface area (TPSA) is 109 Å². The van der Waals surface area contributed by atoms with Crippen LogP contribution in [-0.4, -0.2) is 44.3 Å². The average molecular weight is 567 g/mol. The van der Waals surface area contributed by atoms with Gasteiger partial charge in [-0.15, -0.1) is 0 Å². The van der Waals surface area contributed by atoms with Gasteiger partial charge in [-0.05, 0) is 51.8 Å². The SMILES string of the molecule is [2H]C([2H])([2H])n1ncc([C@H]2C[C@@H]2c2nc(C)n(-c3c(C)cnc(-c4cccc(-n5nc(C)nc5C)c4F)c3F)c(=O)c2Cl)n1. The second kappa shape index (κ2) is 9.40. The monoisotopic (exact) mass is 566 g/mol. The number of hydrogen-bond acceptors (Lipinski definition) is 7. The van der Waals surface area contributed by atoms with E-state index in [-0.39, 0.29) is 45.3 Å². The van der Waals surface area contributed by atoms with Crippen LogP contribution in [0.3, 0.4) is 0 Å². The molecular weight excluding hydrogens is 540 g/mol. The lowest BCUT2D eigenvalue weighted by Gasteiger charge is -2.17. The van der Waals surface area contributed by atoms with Gasteiger partial charge in [-0.3, -0.25) is 14.3 Å². The quantitative estimate of drug-likeness (QED) is 0.309. The lowest BCUT2D eigenvalue weighted by molar-refractivity contribution is 0.593. The maximum atomic E-state index is 16.3. The lowest BCUT2D eigenvalue weighted by Crippen LogP contribution is -2.26. The van der Waals surface area contributed by atoms with Crippen molar-refractivity contribution in [3.8, 4) is 22.6 Å². The molecule has 6 rings (SSSR count). The van der Waals surface area contributed by atoms with Gasteiger partial charge < -0.3 is 0 Å². The van der Waals surface area contributed by atoms with Gasteiger partial charge in [0, 0.05) is 34.7 Å². The number of aryl methyl sites for hydroxylation is 5. The number of benzene rings is 1. The molecule has 0 aliphatic heterocycles. The molecule has 1 saturated carbocycles. The van der Waals surface area contributed by atoms with Crippen molar-refractivity contribution in [2.75, 3.05) is 0 Å². The molecule has 204 valence electrons. The first-order valence-corrected chi connectivity index (χ1v) is 12.7. The van der Waals surface area contributed by atoms with E-state index in [9.17, 15) is 4.79 Å². The summed E-state index contributed by atoms with van der Waals surface area (Å²) in [5.41, 5.74) is -0.166. The summed E-state index contributed by atoms with van der Waals surface area (Å²) in [4.78, 5) is 27.2. The van der Waals surface area contributed by atoms with Crippen LogP contribution in [0.15, 0.2) is 35.4 Å². The number of halogens is 3. The first-order chi connectivity index (χ1) is 20.3. The van der Waals surface area contributed by atoms with Crippen molar-refractivity contribution in [3.63, 3.8) is 0 Å². The third-order valence-corrected chi connectivity index (χ3v) is 7.34. The first-order valence-electron chi connectivity index (χ1n) is 13.8. The average Bonchev–Trinajstić information content (AvgIpc) is 3.40. The van der Waals surface area contributed by atoms with Crippen LogP contribution in [-0.2, 0) is 6.98 Å². The maximum absolute atomic E-state index is 16.3. The summed E-state index contributed by atoms with van der Waals surface area (Å²) in [6, 6.07) is 4.44. The van der Waals surface area contributed by atoms with Crippen molar-refractivity contribution >= 4 is 11.6 Å². The summed E-state index contributed by atoms with van der Waals surface area (Å²) in [5, 5.41) is 11.9. The predicted molar refractivity (Wildman–Crippen MR) is 143 cm³/mol. The van der Waals surface area contributed by atoms with Gasteiger partial charge in [0.25, 0.3) is 5.56 Å². The number of hydrogen-bond donors (Lipinski definition) is 0. The Bertz CT molecular complexity index is 1990. The van der Waals surface area contributed by atoms with E-state index in [2.05, 4.69) is 30.2 Å². The van der Waals surface area contributed by atoms with E-state index in [1.807, 2.05) is 0 Å². The molecule has 4 heterocycles. The van der Waals surface area contributed by atoms with Crippen molar-refractivity contribution in [3.05, 3.63) is 92.0 Å². The van der Waals surface area contributed by atoms with E-state index in [1.165, 1.54) is 29.2 Å². The molecule has 1 aromatic carbocycles. The van der Waals surface area contributed by atoms with Crippen molar-refractivity contribution in [2.24, 2.45) is 6.98 Å². The van der Waals surface area contributed by atoms with Crippen LogP contribution in [0.5, 0.6) is 0 Å². The fourth-order valence-electron chi connectivity index (χ4n) is 5.05. The second-order valence-corrected chi connectivity index (χ2v) is 10.1. The molecule has 1 aliphatic carbocycles. The highest BCUT2D eigenvalue weighted by atomic mass is 35.5. The molecule has 4 aromatic heterocycles. The molecule has 13 heteroatoms. The molecule has 0 N–H and O–H groups in total. The van der Waals surface area contributed by atoms with Crippen LogP contribution in [0, 0.1) is 39.3 Å². The number of rotatable bonds is 5. The van der Waals surface area contributed by atoms with Crippen molar-refractivity contribution in [1.29, 1.82) is 0 Å². The Morgan fingerprint density at radius 1 is 1.02 bits per heavy atom. The third kappa shape index (κ3) is 4.10. The molecule has 5 aromatic rings. The molecule has 0 saturated heterocycles.